The van der Waals surface area contributed by atoms with Crippen molar-refractivity contribution in [3.8, 4) is 5.75 Å². The molecule has 122 valence electrons. The molecular formula is C16H21F2NO3. The first-order valence-corrected chi connectivity index (χ1v) is 7.53. The molecule has 1 aliphatic carbocycles. The van der Waals surface area contributed by atoms with Gasteiger partial charge in [-0.3, -0.25) is 4.79 Å². The molecule has 1 atom stereocenters. The number of hydrogen-bond acceptors (Lipinski definition) is 3. The fraction of sp³-hybridized carbons (Fsp3) is 0.562. The zero-order valence-corrected chi connectivity index (χ0v) is 12.3. The van der Waals surface area contributed by atoms with E-state index in [1.807, 2.05) is 0 Å². The number of benzene rings is 1. The minimum Gasteiger partial charge on any atom is -0.435 e. The van der Waals surface area contributed by atoms with Crippen molar-refractivity contribution in [3.63, 3.8) is 0 Å². The lowest BCUT2D eigenvalue weighted by Crippen LogP contribution is -2.36. The van der Waals surface area contributed by atoms with Gasteiger partial charge in [0, 0.05) is 6.54 Å². The molecule has 6 heteroatoms. The van der Waals surface area contributed by atoms with Gasteiger partial charge in [-0.2, -0.15) is 8.78 Å². The molecule has 4 nitrogen and oxygen atoms in total. The fourth-order valence-corrected chi connectivity index (χ4v) is 2.76. The molecule has 1 aromatic rings. The largest absolute Gasteiger partial charge is 0.435 e. The second-order valence-electron chi connectivity index (χ2n) is 5.62. The number of aliphatic hydroxyl groups is 1. The van der Waals surface area contributed by atoms with Crippen LogP contribution in [0, 0.1) is 5.92 Å². The van der Waals surface area contributed by atoms with E-state index in [0.717, 1.165) is 25.7 Å². The number of ether oxygens (including phenoxy) is 1. The van der Waals surface area contributed by atoms with Crippen LogP contribution >= 0.6 is 0 Å². The first-order chi connectivity index (χ1) is 10.5. The maximum atomic E-state index is 12.0. The Bertz CT molecular complexity index is 473. The molecule has 0 aliphatic heterocycles. The average Bonchev–Trinajstić information content (AvgIpc) is 3.00. The van der Waals surface area contributed by atoms with Gasteiger partial charge in [-0.15, -0.1) is 0 Å². The van der Waals surface area contributed by atoms with Gasteiger partial charge in [0.2, 0.25) is 5.91 Å². The minimum atomic E-state index is -2.86. The van der Waals surface area contributed by atoms with Crippen molar-refractivity contribution in [2.45, 2.75) is 44.8 Å². The molecule has 1 aliphatic rings. The summed E-state index contributed by atoms with van der Waals surface area (Å²) in [6.07, 6.45) is 3.97. The van der Waals surface area contributed by atoms with Crippen LogP contribution in [0.25, 0.3) is 0 Å². The average molecular weight is 313 g/mol. The van der Waals surface area contributed by atoms with Crippen LogP contribution in [0.3, 0.4) is 0 Å². The monoisotopic (exact) mass is 313 g/mol. The van der Waals surface area contributed by atoms with Gasteiger partial charge in [-0.25, -0.2) is 0 Å². The predicted molar refractivity (Wildman–Crippen MR) is 77.8 cm³/mol. The normalized spacial score (nSPS) is 16.7. The van der Waals surface area contributed by atoms with E-state index < -0.39 is 12.7 Å². The Morgan fingerprint density at radius 2 is 1.91 bits per heavy atom. The molecule has 2 N–H and O–H groups in total. The summed E-state index contributed by atoms with van der Waals surface area (Å²) < 4.78 is 28.3. The summed E-state index contributed by atoms with van der Waals surface area (Å²) in [5.74, 6) is 0.154. The smallest absolute Gasteiger partial charge is 0.387 e. The zero-order valence-electron chi connectivity index (χ0n) is 12.3. The van der Waals surface area contributed by atoms with Crippen LogP contribution in [-0.4, -0.2) is 30.3 Å². The standard InChI is InChI=1S/C16H21F2NO3/c17-16(18)22-13-7-5-11(6-8-13)9-15(21)19-10-14(20)12-3-1-2-4-12/h5-8,12,14,16,20H,1-4,9-10H2,(H,19,21). The van der Waals surface area contributed by atoms with Gasteiger partial charge in [0.05, 0.1) is 12.5 Å². The number of alkyl halides is 2. The summed E-state index contributed by atoms with van der Waals surface area (Å²) in [7, 11) is 0. The summed E-state index contributed by atoms with van der Waals surface area (Å²) in [5, 5.41) is 12.7. The van der Waals surface area contributed by atoms with E-state index in [1.165, 1.54) is 12.1 Å². The molecule has 1 amide bonds. The lowest BCUT2D eigenvalue weighted by molar-refractivity contribution is -0.121. The maximum absolute atomic E-state index is 12.0. The molecule has 1 aromatic carbocycles. The van der Waals surface area contributed by atoms with E-state index in [-0.39, 0.29) is 30.5 Å². The molecule has 0 aromatic heterocycles. The second kappa shape index (κ2) is 8.08. The van der Waals surface area contributed by atoms with Gasteiger partial charge < -0.3 is 15.2 Å². The Morgan fingerprint density at radius 3 is 2.50 bits per heavy atom. The van der Waals surface area contributed by atoms with Crippen LogP contribution < -0.4 is 10.1 Å². The molecule has 22 heavy (non-hydrogen) atoms. The number of amides is 1. The molecular weight excluding hydrogens is 292 g/mol. The Morgan fingerprint density at radius 1 is 1.27 bits per heavy atom. The van der Waals surface area contributed by atoms with Crippen LogP contribution in [0.2, 0.25) is 0 Å². The quantitative estimate of drug-likeness (QED) is 0.813. The SMILES string of the molecule is O=C(Cc1ccc(OC(F)F)cc1)NCC(O)C1CCCC1. The predicted octanol–water partition coefficient (Wildman–Crippen LogP) is 2.50. The third-order valence-corrected chi connectivity index (χ3v) is 3.97. The van der Waals surface area contributed by atoms with Crippen molar-refractivity contribution in [1.29, 1.82) is 0 Å². The number of carbonyl (C=O) groups is 1. The van der Waals surface area contributed by atoms with E-state index >= 15 is 0 Å². The Hall–Kier alpha value is -1.69. The van der Waals surface area contributed by atoms with Crippen molar-refractivity contribution >= 4 is 5.91 Å². The Kier molecular flexibility index (Phi) is 6.12. The minimum absolute atomic E-state index is 0.0656. The van der Waals surface area contributed by atoms with E-state index in [4.69, 9.17) is 0 Å². The van der Waals surface area contributed by atoms with Crippen LogP contribution in [0.5, 0.6) is 5.75 Å². The number of aliphatic hydroxyl groups excluding tert-OH is 1. The number of carbonyl (C=O) groups excluding carboxylic acids is 1. The highest BCUT2D eigenvalue weighted by atomic mass is 19.3. The van der Waals surface area contributed by atoms with Gasteiger partial charge in [0.15, 0.2) is 0 Å². The highest BCUT2D eigenvalue weighted by Crippen LogP contribution is 2.27. The van der Waals surface area contributed by atoms with E-state index in [9.17, 15) is 18.7 Å². The molecule has 1 fully saturated rings. The van der Waals surface area contributed by atoms with Crippen LogP contribution in [-0.2, 0) is 11.2 Å². The molecule has 2 rings (SSSR count). The Balaban J connectivity index is 1.74. The molecule has 0 saturated heterocycles. The number of nitrogens with one attached hydrogen (secondary N) is 1. The lowest BCUT2D eigenvalue weighted by Gasteiger charge is -2.18. The van der Waals surface area contributed by atoms with Crippen LogP contribution in [0.4, 0.5) is 8.78 Å². The van der Waals surface area contributed by atoms with Crippen LogP contribution in [0.15, 0.2) is 24.3 Å². The lowest BCUT2D eigenvalue weighted by atomic mass is 10.0. The Labute approximate surface area is 128 Å². The second-order valence-corrected chi connectivity index (χ2v) is 5.62. The van der Waals surface area contributed by atoms with Crippen molar-refractivity contribution in [2.75, 3.05) is 6.54 Å². The van der Waals surface area contributed by atoms with Gasteiger partial charge in [-0.05, 0) is 36.5 Å². The molecule has 1 saturated carbocycles. The topological polar surface area (TPSA) is 58.6 Å². The third-order valence-electron chi connectivity index (χ3n) is 3.97. The molecule has 0 spiro atoms. The van der Waals surface area contributed by atoms with E-state index in [2.05, 4.69) is 10.1 Å². The van der Waals surface area contributed by atoms with Crippen molar-refractivity contribution < 1.29 is 23.4 Å². The summed E-state index contributed by atoms with van der Waals surface area (Å²) in [5.41, 5.74) is 0.703. The highest BCUT2D eigenvalue weighted by Gasteiger charge is 2.23. The van der Waals surface area contributed by atoms with E-state index in [0.29, 0.717) is 5.56 Å². The molecule has 1 unspecified atom stereocenters. The molecule has 0 heterocycles. The summed E-state index contributed by atoms with van der Waals surface area (Å²) in [6.45, 7) is -2.60. The van der Waals surface area contributed by atoms with Gasteiger partial charge in [0.1, 0.15) is 5.75 Å². The number of hydrogen-bond donors (Lipinski definition) is 2. The first-order valence-electron chi connectivity index (χ1n) is 7.53. The fourth-order valence-electron chi connectivity index (χ4n) is 2.76. The zero-order chi connectivity index (χ0) is 15.9. The number of rotatable bonds is 7. The van der Waals surface area contributed by atoms with Crippen molar-refractivity contribution in [1.82, 2.24) is 5.32 Å². The van der Waals surface area contributed by atoms with Crippen molar-refractivity contribution in [3.05, 3.63) is 29.8 Å². The van der Waals surface area contributed by atoms with Gasteiger partial charge in [-0.1, -0.05) is 25.0 Å². The van der Waals surface area contributed by atoms with Gasteiger partial charge >= 0.3 is 6.61 Å². The van der Waals surface area contributed by atoms with E-state index in [1.54, 1.807) is 12.1 Å². The van der Waals surface area contributed by atoms with Crippen LogP contribution in [0.1, 0.15) is 31.2 Å². The molecule has 0 radical (unpaired) electrons. The summed E-state index contributed by atoms with van der Waals surface area (Å²) in [6, 6.07) is 5.96. The molecule has 0 bridgehead atoms. The summed E-state index contributed by atoms with van der Waals surface area (Å²) in [4.78, 5) is 11.8. The number of halogens is 2. The van der Waals surface area contributed by atoms with Crippen molar-refractivity contribution in [2.24, 2.45) is 5.92 Å². The highest BCUT2D eigenvalue weighted by molar-refractivity contribution is 5.78. The first kappa shape index (κ1) is 16.7. The van der Waals surface area contributed by atoms with Gasteiger partial charge in [0.25, 0.3) is 0 Å². The summed E-state index contributed by atoms with van der Waals surface area (Å²) >= 11 is 0. The third kappa shape index (κ3) is 5.26. The maximum Gasteiger partial charge on any atom is 0.387 e.